The fourth-order valence-corrected chi connectivity index (χ4v) is 7.06. The molecule has 0 aromatic heterocycles. The van der Waals surface area contributed by atoms with Crippen LogP contribution in [-0.2, 0) is 0 Å². The van der Waals surface area contributed by atoms with E-state index < -0.39 is 0 Å². The van der Waals surface area contributed by atoms with Crippen molar-refractivity contribution in [3.63, 3.8) is 0 Å². The van der Waals surface area contributed by atoms with Crippen molar-refractivity contribution < 1.29 is 0 Å². The van der Waals surface area contributed by atoms with E-state index >= 15 is 0 Å². The average Bonchev–Trinajstić information content (AvgIpc) is 3.00. The molecule has 2 aromatic carbocycles. The molecule has 0 nitrogen and oxygen atoms in total. The van der Waals surface area contributed by atoms with Crippen molar-refractivity contribution in [2.45, 2.75) is 36.2 Å². The minimum Gasteiger partial charge on any atom is -0.114 e. The highest BCUT2D eigenvalue weighted by molar-refractivity contribution is 8.26. The monoisotopic (exact) mass is 324 g/mol. The summed E-state index contributed by atoms with van der Waals surface area (Å²) in [5.74, 6) is 0. The molecule has 2 heteroatoms. The van der Waals surface area contributed by atoms with Gasteiger partial charge >= 0.3 is 0 Å². The second-order valence-corrected chi connectivity index (χ2v) is 8.75. The lowest BCUT2D eigenvalue weighted by atomic mass is 10.00. The molecule has 1 saturated heterocycles. The van der Waals surface area contributed by atoms with Crippen LogP contribution >= 0.6 is 23.5 Å². The smallest absolute Gasteiger partial charge is 0.0492 e. The van der Waals surface area contributed by atoms with Gasteiger partial charge in [-0.2, -0.15) is 0 Å². The number of benzene rings is 2. The molecule has 2 fully saturated rings. The first-order valence-corrected chi connectivity index (χ1v) is 9.86. The predicted molar refractivity (Wildman–Crippen MR) is 100 cm³/mol. The molecule has 1 heterocycles. The second kappa shape index (κ2) is 6.55. The number of thioether (sulfide) groups is 2. The van der Waals surface area contributed by atoms with Crippen LogP contribution in [0.5, 0.6) is 0 Å². The van der Waals surface area contributed by atoms with E-state index in [-0.39, 0.29) is 0 Å². The Morgan fingerprint density at radius 1 is 0.682 bits per heavy atom. The standard InChI is InChI=1S/C20H20S2/c1-3-9-15(10-4-1)19(16-11-5-2-6-12-16)20-21-17-13-7-8-14-18(17)22-20/h1-6,9-12,17-18H,7-8,13-14H2/t17-,18-/m1/s1. The summed E-state index contributed by atoms with van der Waals surface area (Å²) in [5, 5.41) is 1.66. The lowest BCUT2D eigenvalue weighted by Gasteiger charge is -2.21. The van der Waals surface area contributed by atoms with Crippen LogP contribution in [0.4, 0.5) is 0 Å². The van der Waals surface area contributed by atoms with E-state index in [1.54, 1.807) is 0 Å². The number of hydrogen-bond donors (Lipinski definition) is 0. The summed E-state index contributed by atoms with van der Waals surface area (Å²) in [7, 11) is 0. The quantitative estimate of drug-likeness (QED) is 0.645. The van der Waals surface area contributed by atoms with Gasteiger partial charge in [0.25, 0.3) is 0 Å². The van der Waals surface area contributed by atoms with Gasteiger partial charge < -0.3 is 0 Å². The highest BCUT2D eigenvalue weighted by Gasteiger charge is 2.35. The average molecular weight is 325 g/mol. The Hall–Kier alpha value is -1.12. The van der Waals surface area contributed by atoms with Crippen molar-refractivity contribution in [1.29, 1.82) is 0 Å². The molecule has 0 bridgehead atoms. The van der Waals surface area contributed by atoms with Crippen molar-refractivity contribution in [2.24, 2.45) is 0 Å². The zero-order chi connectivity index (χ0) is 14.8. The Labute approximate surface area is 141 Å². The number of rotatable bonds is 2. The first-order valence-electron chi connectivity index (χ1n) is 8.10. The molecule has 1 saturated carbocycles. The maximum Gasteiger partial charge on any atom is 0.0492 e. The Morgan fingerprint density at radius 2 is 1.14 bits per heavy atom. The van der Waals surface area contributed by atoms with Gasteiger partial charge in [0.2, 0.25) is 0 Å². The zero-order valence-electron chi connectivity index (χ0n) is 12.6. The van der Waals surface area contributed by atoms with Crippen LogP contribution in [-0.4, -0.2) is 10.5 Å². The summed E-state index contributed by atoms with van der Waals surface area (Å²) in [4.78, 5) is 0. The van der Waals surface area contributed by atoms with Crippen LogP contribution in [0.1, 0.15) is 36.8 Å². The zero-order valence-corrected chi connectivity index (χ0v) is 14.2. The topological polar surface area (TPSA) is 0 Å². The van der Waals surface area contributed by atoms with E-state index in [1.165, 1.54) is 46.6 Å². The van der Waals surface area contributed by atoms with Gasteiger partial charge in [-0.15, -0.1) is 23.5 Å². The highest BCUT2D eigenvalue weighted by Crippen LogP contribution is 2.55. The predicted octanol–water partition coefficient (Wildman–Crippen LogP) is 6.19. The van der Waals surface area contributed by atoms with Gasteiger partial charge in [0, 0.05) is 20.3 Å². The summed E-state index contributed by atoms with van der Waals surface area (Å²) < 4.78 is 1.54. The van der Waals surface area contributed by atoms with Crippen LogP contribution < -0.4 is 0 Å². The number of fused-ring (bicyclic) bond motifs is 1. The Bertz CT molecular complexity index is 603. The maximum atomic E-state index is 2.25. The summed E-state index contributed by atoms with van der Waals surface area (Å²) in [6.07, 6.45) is 5.60. The third-order valence-corrected chi connectivity index (χ3v) is 7.81. The minimum absolute atomic E-state index is 0.830. The van der Waals surface area contributed by atoms with Gasteiger partial charge in [0.15, 0.2) is 0 Å². The van der Waals surface area contributed by atoms with E-state index in [2.05, 4.69) is 84.2 Å². The third kappa shape index (κ3) is 2.87. The second-order valence-electron chi connectivity index (χ2n) is 5.99. The molecule has 1 aliphatic heterocycles. The van der Waals surface area contributed by atoms with E-state index in [1.807, 2.05) is 0 Å². The van der Waals surface area contributed by atoms with Gasteiger partial charge in [-0.25, -0.2) is 0 Å². The lowest BCUT2D eigenvalue weighted by molar-refractivity contribution is 0.532. The summed E-state index contributed by atoms with van der Waals surface area (Å²) >= 11 is 4.27. The van der Waals surface area contributed by atoms with Crippen LogP contribution in [0.15, 0.2) is 64.9 Å². The summed E-state index contributed by atoms with van der Waals surface area (Å²) in [6.45, 7) is 0. The van der Waals surface area contributed by atoms with Gasteiger partial charge in [-0.3, -0.25) is 0 Å². The van der Waals surface area contributed by atoms with Crippen molar-refractivity contribution in [3.05, 3.63) is 76.0 Å². The van der Waals surface area contributed by atoms with Crippen LogP contribution in [0, 0.1) is 0 Å². The minimum atomic E-state index is 0.830. The molecule has 0 spiro atoms. The molecule has 0 radical (unpaired) electrons. The van der Waals surface area contributed by atoms with Gasteiger partial charge in [0.1, 0.15) is 0 Å². The molecule has 1 aliphatic carbocycles. The first-order chi connectivity index (χ1) is 10.9. The lowest BCUT2D eigenvalue weighted by Crippen LogP contribution is -2.19. The van der Waals surface area contributed by atoms with E-state index in [0.717, 1.165) is 10.5 Å². The fraction of sp³-hybridized carbons (Fsp3) is 0.300. The maximum absolute atomic E-state index is 2.25. The summed E-state index contributed by atoms with van der Waals surface area (Å²) in [6, 6.07) is 21.8. The molecule has 4 rings (SSSR count). The molecule has 2 aromatic rings. The number of hydrogen-bond acceptors (Lipinski definition) is 2. The fourth-order valence-electron chi connectivity index (χ4n) is 3.37. The Morgan fingerprint density at radius 3 is 1.59 bits per heavy atom. The van der Waals surface area contributed by atoms with Crippen molar-refractivity contribution >= 4 is 29.1 Å². The normalized spacial score (nSPS) is 24.1. The van der Waals surface area contributed by atoms with E-state index in [9.17, 15) is 0 Å². The highest BCUT2D eigenvalue weighted by atomic mass is 32.2. The van der Waals surface area contributed by atoms with Crippen LogP contribution in [0.2, 0.25) is 0 Å². The van der Waals surface area contributed by atoms with E-state index in [4.69, 9.17) is 0 Å². The molecule has 0 N–H and O–H groups in total. The molecule has 2 atom stereocenters. The molecule has 22 heavy (non-hydrogen) atoms. The molecular weight excluding hydrogens is 304 g/mol. The van der Waals surface area contributed by atoms with Gasteiger partial charge in [-0.1, -0.05) is 73.5 Å². The Balaban J connectivity index is 1.79. The molecule has 2 aliphatic rings. The van der Waals surface area contributed by atoms with Crippen molar-refractivity contribution in [2.75, 3.05) is 0 Å². The SMILES string of the molecule is c1ccc(C(=C2S[C@@H]3CCCC[C@H]3S2)c2ccccc2)cc1. The van der Waals surface area contributed by atoms with Crippen LogP contribution in [0.3, 0.4) is 0 Å². The van der Waals surface area contributed by atoms with Gasteiger partial charge in [-0.05, 0) is 24.0 Å². The largest absolute Gasteiger partial charge is 0.114 e. The molecular formula is C20H20S2. The summed E-state index contributed by atoms with van der Waals surface area (Å²) in [5.41, 5.74) is 4.13. The van der Waals surface area contributed by atoms with Crippen LogP contribution in [0.25, 0.3) is 5.57 Å². The molecule has 0 unspecified atom stereocenters. The first kappa shape index (κ1) is 14.5. The molecule has 112 valence electrons. The van der Waals surface area contributed by atoms with Gasteiger partial charge in [0.05, 0.1) is 0 Å². The van der Waals surface area contributed by atoms with Crippen molar-refractivity contribution in [1.82, 2.24) is 0 Å². The van der Waals surface area contributed by atoms with Crippen molar-refractivity contribution in [3.8, 4) is 0 Å². The van der Waals surface area contributed by atoms with E-state index in [0.29, 0.717) is 0 Å². The molecule has 0 amide bonds. The Kier molecular flexibility index (Phi) is 4.31. The third-order valence-electron chi connectivity index (χ3n) is 4.49.